The first-order chi connectivity index (χ1) is 16.3. The number of halogens is 3. The molecule has 0 bridgehead atoms. The van der Waals surface area contributed by atoms with Gasteiger partial charge in [-0.2, -0.15) is 5.26 Å². The van der Waals surface area contributed by atoms with Gasteiger partial charge in [-0.3, -0.25) is 4.79 Å². The monoisotopic (exact) mass is 514 g/mol. The number of hydrogen-bond acceptors (Lipinski definition) is 4. The largest absolute Gasteiger partial charge is 0.490 e. The minimum Gasteiger partial charge on any atom is -0.490 e. The Morgan fingerprint density at radius 3 is 2.50 bits per heavy atom. The summed E-state index contributed by atoms with van der Waals surface area (Å²) in [6.45, 7) is 4.20. The van der Waals surface area contributed by atoms with E-state index in [1.807, 2.05) is 38.1 Å². The zero-order chi connectivity index (χ0) is 24.7. The van der Waals surface area contributed by atoms with Crippen LogP contribution in [0.3, 0.4) is 0 Å². The molecule has 1 N–H and O–H groups in total. The summed E-state index contributed by atoms with van der Waals surface area (Å²) >= 11 is 18.7. The number of anilines is 1. The Hall–Kier alpha value is -3.17. The van der Waals surface area contributed by atoms with Gasteiger partial charge in [-0.15, -0.1) is 0 Å². The quantitative estimate of drug-likeness (QED) is 0.249. The van der Waals surface area contributed by atoms with Gasteiger partial charge in [0.25, 0.3) is 5.91 Å². The highest BCUT2D eigenvalue weighted by atomic mass is 35.5. The van der Waals surface area contributed by atoms with Crippen LogP contribution in [-0.4, -0.2) is 12.5 Å². The van der Waals surface area contributed by atoms with Crippen molar-refractivity contribution in [3.8, 4) is 17.6 Å². The van der Waals surface area contributed by atoms with E-state index in [4.69, 9.17) is 44.3 Å². The minimum absolute atomic E-state index is 0.0802. The maximum Gasteiger partial charge on any atom is 0.266 e. The van der Waals surface area contributed by atoms with Crippen LogP contribution in [0, 0.1) is 18.3 Å². The second-order valence-corrected chi connectivity index (χ2v) is 8.48. The molecule has 3 aromatic rings. The Labute approximate surface area is 213 Å². The molecule has 0 spiro atoms. The number of benzene rings is 3. The van der Waals surface area contributed by atoms with E-state index < -0.39 is 5.91 Å². The highest BCUT2D eigenvalue weighted by Crippen LogP contribution is 2.38. The van der Waals surface area contributed by atoms with Crippen LogP contribution >= 0.6 is 34.8 Å². The van der Waals surface area contributed by atoms with Crippen molar-refractivity contribution < 1.29 is 14.3 Å². The fourth-order valence-corrected chi connectivity index (χ4v) is 3.82. The second-order valence-electron chi connectivity index (χ2n) is 7.23. The van der Waals surface area contributed by atoms with E-state index in [0.717, 1.165) is 11.1 Å². The summed E-state index contributed by atoms with van der Waals surface area (Å²) in [6, 6.07) is 17.6. The highest BCUT2D eigenvalue weighted by Gasteiger charge is 2.16. The normalized spacial score (nSPS) is 11.0. The molecule has 3 aromatic carbocycles. The summed E-state index contributed by atoms with van der Waals surface area (Å²) in [6.07, 6.45) is 1.45. The molecule has 8 heteroatoms. The predicted octanol–water partition coefficient (Wildman–Crippen LogP) is 7.48. The van der Waals surface area contributed by atoms with E-state index in [-0.39, 0.29) is 17.2 Å². The van der Waals surface area contributed by atoms with Crippen LogP contribution < -0.4 is 14.8 Å². The number of hydrogen-bond donors (Lipinski definition) is 1. The van der Waals surface area contributed by atoms with Gasteiger partial charge in [-0.1, -0.05) is 59.1 Å². The number of carbonyl (C=O) groups excluding carboxylic acids is 1. The molecule has 0 heterocycles. The maximum absolute atomic E-state index is 12.7. The number of rotatable bonds is 8. The van der Waals surface area contributed by atoms with Gasteiger partial charge in [0, 0.05) is 21.3 Å². The number of amides is 1. The maximum atomic E-state index is 12.7. The number of para-hydroxylation sites is 1. The topological polar surface area (TPSA) is 71.3 Å². The smallest absolute Gasteiger partial charge is 0.266 e. The first-order valence-electron chi connectivity index (χ1n) is 10.3. The molecule has 34 heavy (non-hydrogen) atoms. The zero-order valence-electron chi connectivity index (χ0n) is 18.5. The Kier molecular flexibility index (Phi) is 8.84. The third-order valence-corrected chi connectivity index (χ3v) is 5.66. The van der Waals surface area contributed by atoms with Crippen LogP contribution in [0.5, 0.6) is 11.5 Å². The van der Waals surface area contributed by atoms with Gasteiger partial charge in [0.1, 0.15) is 18.2 Å². The number of nitrogens with zero attached hydrogens (tertiary/aromatic N) is 1. The molecule has 0 aromatic heterocycles. The van der Waals surface area contributed by atoms with Gasteiger partial charge >= 0.3 is 0 Å². The Morgan fingerprint density at radius 1 is 1.06 bits per heavy atom. The van der Waals surface area contributed by atoms with Crippen LogP contribution in [0.2, 0.25) is 15.1 Å². The number of aryl methyl sites for hydroxylation is 1. The molecular weight excluding hydrogens is 495 g/mol. The lowest BCUT2D eigenvalue weighted by Crippen LogP contribution is -2.14. The van der Waals surface area contributed by atoms with Gasteiger partial charge in [0.2, 0.25) is 0 Å². The molecule has 0 aliphatic carbocycles. The summed E-state index contributed by atoms with van der Waals surface area (Å²) in [5.41, 5.74) is 2.68. The predicted molar refractivity (Wildman–Crippen MR) is 137 cm³/mol. The van der Waals surface area contributed by atoms with Crippen molar-refractivity contribution >= 4 is 52.5 Å². The average Bonchev–Trinajstić information content (AvgIpc) is 2.79. The van der Waals surface area contributed by atoms with Gasteiger partial charge in [0.15, 0.2) is 11.5 Å². The van der Waals surface area contributed by atoms with Crippen molar-refractivity contribution in [3.63, 3.8) is 0 Å². The molecule has 5 nitrogen and oxygen atoms in total. The third kappa shape index (κ3) is 6.45. The van der Waals surface area contributed by atoms with Crippen LogP contribution in [0.4, 0.5) is 5.69 Å². The standard InChI is InChI=1S/C26H21Cl3N2O3/c1-3-33-24-12-17(10-19(14-30)26(32)31-23-7-5-4-6-16(23)2)11-22(29)25(24)34-15-18-8-9-20(27)13-21(18)28/h4-13H,3,15H2,1-2H3,(H,31,32)/b19-10+. The molecule has 0 aliphatic heterocycles. The van der Waals surface area contributed by atoms with Crippen molar-refractivity contribution in [3.05, 3.63) is 91.9 Å². The number of carbonyl (C=O) groups is 1. The summed E-state index contributed by atoms with van der Waals surface area (Å²) < 4.78 is 11.6. The molecule has 1 amide bonds. The van der Waals surface area contributed by atoms with Crippen LogP contribution in [0.25, 0.3) is 6.08 Å². The van der Waals surface area contributed by atoms with E-state index >= 15 is 0 Å². The van der Waals surface area contributed by atoms with E-state index in [9.17, 15) is 10.1 Å². The first-order valence-corrected chi connectivity index (χ1v) is 11.5. The van der Waals surface area contributed by atoms with E-state index in [0.29, 0.717) is 39.4 Å². The molecule has 0 saturated carbocycles. The lowest BCUT2D eigenvalue weighted by Gasteiger charge is -2.15. The van der Waals surface area contributed by atoms with Crippen molar-refractivity contribution in [1.82, 2.24) is 0 Å². The van der Waals surface area contributed by atoms with Gasteiger partial charge in [0.05, 0.1) is 11.6 Å². The third-order valence-electron chi connectivity index (χ3n) is 4.79. The number of nitrogens with one attached hydrogen (secondary N) is 1. The van der Waals surface area contributed by atoms with Crippen LogP contribution in [0.1, 0.15) is 23.6 Å². The van der Waals surface area contributed by atoms with Gasteiger partial charge < -0.3 is 14.8 Å². The second kappa shape index (κ2) is 11.8. The molecular formula is C26H21Cl3N2O3. The molecule has 0 unspecified atom stereocenters. The molecule has 174 valence electrons. The SMILES string of the molecule is CCOc1cc(/C=C(\C#N)C(=O)Nc2ccccc2C)cc(Cl)c1OCc1ccc(Cl)cc1Cl. The van der Waals surface area contributed by atoms with E-state index in [1.165, 1.54) is 6.08 Å². The van der Waals surface area contributed by atoms with Crippen LogP contribution in [0.15, 0.2) is 60.2 Å². The van der Waals surface area contributed by atoms with Crippen molar-refractivity contribution in [1.29, 1.82) is 5.26 Å². The fraction of sp³-hybridized carbons (Fsp3) is 0.154. The lowest BCUT2D eigenvalue weighted by atomic mass is 10.1. The highest BCUT2D eigenvalue weighted by molar-refractivity contribution is 6.35. The van der Waals surface area contributed by atoms with Crippen molar-refractivity contribution in [2.45, 2.75) is 20.5 Å². The summed E-state index contributed by atoms with van der Waals surface area (Å²) in [7, 11) is 0. The van der Waals surface area contributed by atoms with E-state index in [2.05, 4.69) is 5.32 Å². The lowest BCUT2D eigenvalue weighted by molar-refractivity contribution is -0.112. The zero-order valence-corrected chi connectivity index (χ0v) is 20.8. The molecule has 0 aliphatic rings. The fourth-order valence-electron chi connectivity index (χ4n) is 3.08. The Balaban J connectivity index is 1.87. The van der Waals surface area contributed by atoms with Gasteiger partial charge in [-0.05, 0) is 61.4 Å². The minimum atomic E-state index is -0.524. The van der Waals surface area contributed by atoms with Gasteiger partial charge in [-0.25, -0.2) is 0 Å². The first kappa shape index (κ1) is 25.5. The molecule has 0 atom stereocenters. The Bertz CT molecular complexity index is 1280. The van der Waals surface area contributed by atoms with E-state index in [1.54, 1.807) is 36.4 Å². The molecule has 0 saturated heterocycles. The van der Waals surface area contributed by atoms with Crippen molar-refractivity contribution in [2.75, 3.05) is 11.9 Å². The summed E-state index contributed by atoms with van der Waals surface area (Å²) in [5.74, 6) is 0.182. The van der Waals surface area contributed by atoms with Crippen LogP contribution in [-0.2, 0) is 11.4 Å². The summed E-state index contributed by atoms with van der Waals surface area (Å²) in [4.78, 5) is 12.7. The summed E-state index contributed by atoms with van der Waals surface area (Å²) in [5, 5.41) is 13.6. The molecule has 3 rings (SSSR count). The molecule has 0 radical (unpaired) electrons. The average molecular weight is 516 g/mol. The number of ether oxygens (including phenoxy) is 2. The Morgan fingerprint density at radius 2 is 1.82 bits per heavy atom. The number of nitriles is 1. The van der Waals surface area contributed by atoms with Crippen molar-refractivity contribution in [2.24, 2.45) is 0 Å². The molecule has 0 fully saturated rings.